The lowest BCUT2D eigenvalue weighted by Crippen LogP contribution is -2.12. The molecule has 134 valence electrons. The van der Waals surface area contributed by atoms with E-state index in [-0.39, 0.29) is 12.3 Å². The maximum absolute atomic E-state index is 12.1. The highest BCUT2D eigenvalue weighted by Gasteiger charge is 2.10. The van der Waals surface area contributed by atoms with E-state index in [1.54, 1.807) is 18.3 Å². The number of anilines is 1. The van der Waals surface area contributed by atoms with E-state index < -0.39 is 0 Å². The molecule has 0 bridgehead atoms. The molecular formula is C20H19ClN2O3. The van der Waals surface area contributed by atoms with Crippen molar-refractivity contribution in [3.05, 3.63) is 65.6 Å². The Morgan fingerprint density at radius 3 is 2.69 bits per heavy atom. The summed E-state index contributed by atoms with van der Waals surface area (Å²) in [5.74, 6) is 1.85. The number of para-hydroxylation sites is 1. The van der Waals surface area contributed by atoms with E-state index in [1.165, 1.54) is 0 Å². The Hall–Kier alpha value is -2.79. The highest BCUT2D eigenvalue weighted by Crippen LogP contribution is 2.24. The average molecular weight is 371 g/mol. The highest BCUT2D eigenvalue weighted by atomic mass is 35.5. The minimum absolute atomic E-state index is 0.140. The normalized spacial score (nSPS) is 10.5. The number of hydrogen-bond acceptors (Lipinski definition) is 4. The van der Waals surface area contributed by atoms with Crippen molar-refractivity contribution in [1.29, 1.82) is 0 Å². The maximum atomic E-state index is 12.1. The zero-order valence-corrected chi connectivity index (χ0v) is 15.1. The molecule has 0 saturated heterocycles. The van der Waals surface area contributed by atoms with Gasteiger partial charge in [-0.15, -0.1) is 0 Å². The SMILES string of the molecule is CCOc1ccc(-c2cnc(CCC(=O)Nc3ccccc3Cl)o2)cc1. The molecule has 1 N–H and O–H groups in total. The van der Waals surface area contributed by atoms with Gasteiger partial charge >= 0.3 is 0 Å². The van der Waals surface area contributed by atoms with Gasteiger partial charge in [0.25, 0.3) is 0 Å². The first-order valence-corrected chi connectivity index (χ1v) is 8.76. The number of hydrogen-bond donors (Lipinski definition) is 1. The lowest BCUT2D eigenvalue weighted by atomic mass is 10.2. The number of aromatic nitrogens is 1. The molecule has 6 heteroatoms. The van der Waals surface area contributed by atoms with Crippen LogP contribution in [0.2, 0.25) is 5.02 Å². The molecule has 0 atom stereocenters. The molecule has 0 aliphatic carbocycles. The number of ether oxygens (including phenoxy) is 1. The van der Waals surface area contributed by atoms with Crippen molar-refractivity contribution in [2.75, 3.05) is 11.9 Å². The summed E-state index contributed by atoms with van der Waals surface area (Å²) in [6.07, 6.45) is 2.33. The van der Waals surface area contributed by atoms with Crippen molar-refractivity contribution >= 4 is 23.2 Å². The summed E-state index contributed by atoms with van der Waals surface area (Å²) in [4.78, 5) is 16.3. The van der Waals surface area contributed by atoms with Crippen LogP contribution in [0.4, 0.5) is 5.69 Å². The summed E-state index contributed by atoms with van der Waals surface area (Å²) in [5, 5.41) is 3.29. The van der Waals surface area contributed by atoms with Crippen molar-refractivity contribution in [1.82, 2.24) is 4.98 Å². The van der Waals surface area contributed by atoms with E-state index in [0.717, 1.165) is 11.3 Å². The third-order valence-corrected chi connectivity index (χ3v) is 4.05. The van der Waals surface area contributed by atoms with E-state index >= 15 is 0 Å². The number of nitrogens with zero attached hydrogens (tertiary/aromatic N) is 1. The number of oxazole rings is 1. The molecule has 1 amide bonds. The number of halogens is 1. The molecule has 0 unspecified atom stereocenters. The van der Waals surface area contributed by atoms with Gasteiger partial charge in [-0.2, -0.15) is 0 Å². The largest absolute Gasteiger partial charge is 0.494 e. The quantitative estimate of drug-likeness (QED) is 0.638. The summed E-state index contributed by atoms with van der Waals surface area (Å²) in [5.41, 5.74) is 1.51. The molecule has 0 spiro atoms. The van der Waals surface area contributed by atoms with Crippen molar-refractivity contribution in [2.45, 2.75) is 19.8 Å². The van der Waals surface area contributed by atoms with Crippen LogP contribution in [0.25, 0.3) is 11.3 Å². The molecule has 3 rings (SSSR count). The second-order valence-corrected chi connectivity index (χ2v) is 6.01. The molecule has 0 radical (unpaired) electrons. The first-order chi connectivity index (χ1) is 12.7. The number of carbonyl (C=O) groups excluding carboxylic acids is 1. The third-order valence-electron chi connectivity index (χ3n) is 3.72. The first kappa shape index (κ1) is 18.0. The van der Waals surface area contributed by atoms with Crippen LogP contribution in [-0.4, -0.2) is 17.5 Å². The Bertz CT molecular complexity index is 875. The van der Waals surface area contributed by atoms with Gasteiger partial charge in [0.15, 0.2) is 11.7 Å². The van der Waals surface area contributed by atoms with Gasteiger partial charge in [0, 0.05) is 18.4 Å². The summed E-state index contributed by atoms with van der Waals surface area (Å²) in [7, 11) is 0. The summed E-state index contributed by atoms with van der Waals surface area (Å²) in [6, 6.07) is 14.7. The van der Waals surface area contributed by atoms with Gasteiger partial charge < -0.3 is 14.5 Å². The topological polar surface area (TPSA) is 64.4 Å². The molecule has 0 saturated carbocycles. The highest BCUT2D eigenvalue weighted by molar-refractivity contribution is 6.33. The van der Waals surface area contributed by atoms with Gasteiger partial charge in [0.1, 0.15) is 5.75 Å². The lowest BCUT2D eigenvalue weighted by Gasteiger charge is -2.05. The number of benzene rings is 2. The molecule has 1 heterocycles. The summed E-state index contributed by atoms with van der Waals surface area (Å²) >= 11 is 6.03. The van der Waals surface area contributed by atoms with Gasteiger partial charge in [-0.25, -0.2) is 4.98 Å². The zero-order valence-electron chi connectivity index (χ0n) is 14.4. The van der Waals surface area contributed by atoms with Crippen LogP contribution in [0.1, 0.15) is 19.2 Å². The molecular weight excluding hydrogens is 352 g/mol. The average Bonchev–Trinajstić information content (AvgIpc) is 3.12. The minimum Gasteiger partial charge on any atom is -0.494 e. The van der Waals surface area contributed by atoms with Gasteiger partial charge in [-0.1, -0.05) is 23.7 Å². The van der Waals surface area contributed by atoms with E-state index in [1.807, 2.05) is 43.3 Å². The van der Waals surface area contributed by atoms with Crippen LogP contribution >= 0.6 is 11.6 Å². The van der Waals surface area contributed by atoms with Crippen LogP contribution in [0.3, 0.4) is 0 Å². The Balaban J connectivity index is 1.56. The number of carbonyl (C=O) groups is 1. The van der Waals surface area contributed by atoms with E-state index in [9.17, 15) is 4.79 Å². The summed E-state index contributed by atoms with van der Waals surface area (Å²) in [6.45, 7) is 2.57. The number of rotatable bonds is 7. The smallest absolute Gasteiger partial charge is 0.224 e. The second kappa shape index (κ2) is 8.54. The fraction of sp³-hybridized carbons (Fsp3) is 0.200. The van der Waals surface area contributed by atoms with E-state index in [0.29, 0.717) is 35.4 Å². The van der Waals surface area contributed by atoms with Crippen LogP contribution in [0, 0.1) is 0 Å². The van der Waals surface area contributed by atoms with Crippen LogP contribution in [0.5, 0.6) is 5.75 Å². The molecule has 2 aromatic carbocycles. The zero-order chi connectivity index (χ0) is 18.4. The Morgan fingerprint density at radius 1 is 1.19 bits per heavy atom. The maximum Gasteiger partial charge on any atom is 0.224 e. The molecule has 0 aliphatic heterocycles. The third kappa shape index (κ3) is 4.64. The van der Waals surface area contributed by atoms with Crippen LogP contribution in [-0.2, 0) is 11.2 Å². The van der Waals surface area contributed by atoms with Gasteiger partial charge in [-0.05, 0) is 43.3 Å². The second-order valence-electron chi connectivity index (χ2n) is 5.60. The molecule has 5 nitrogen and oxygen atoms in total. The predicted octanol–water partition coefficient (Wildman–Crippen LogP) is 4.97. The van der Waals surface area contributed by atoms with Gasteiger partial charge in [-0.3, -0.25) is 4.79 Å². The van der Waals surface area contributed by atoms with Crippen molar-refractivity contribution in [3.63, 3.8) is 0 Å². The van der Waals surface area contributed by atoms with Crippen molar-refractivity contribution in [2.24, 2.45) is 0 Å². The standard InChI is InChI=1S/C20H19ClN2O3/c1-2-25-15-9-7-14(8-10-15)18-13-22-20(26-18)12-11-19(24)23-17-6-4-3-5-16(17)21/h3-10,13H,2,11-12H2,1H3,(H,23,24). The molecule has 0 fully saturated rings. The van der Waals surface area contributed by atoms with Gasteiger partial charge in [0.2, 0.25) is 5.91 Å². The first-order valence-electron chi connectivity index (χ1n) is 8.38. The number of aryl methyl sites for hydroxylation is 1. The monoisotopic (exact) mass is 370 g/mol. The van der Waals surface area contributed by atoms with Crippen molar-refractivity contribution < 1.29 is 13.9 Å². The van der Waals surface area contributed by atoms with Gasteiger partial charge in [0.05, 0.1) is 23.5 Å². The van der Waals surface area contributed by atoms with E-state index in [4.69, 9.17) is 20.8 Å². The van der Waals surface area contributed by atoms with Crippen LogP contribution < -0.4 is 10.1 Å². The summed E-state index contributed by atoms with van der Waals surface area (Å²) < 4.78 is 11.2. The predicted molar refractivity (Wildman–Crippen MR) is 102 cm³/mol. The van der Waals surface area contributed by atoms with Crippen LogP contribution in [0.15, 0.2) is 59.1 Å². The fourth-order valence-corrected chi connectivity index (χ4v) is 2.62. The lowest BCUT2D eigenvalue weighted by molar-refractivity contribution is -0.116. The Morgan fingerprint density at radius 2 is 1.96 bits per heavy atom. The van der Waals surface area contributed by atoms with E-state index in [2.05, 4.69) is 10.3 Å². The Kier molecular flexibility index (Phi) is 5.92. The minimum atomic E-state index is -0.140. The number of amides is 1. The molecule has 26 heavy (non-hydrogen) atoms. The number of nitrogens with one attached hydrogen (secondary N) is 1. The fourth-order valence-electron chi connectivity index (χ4n) is 2.44. The molecule has 3 aromatic rings. The molecule has 1 aromatic heterocycles. The van der Waals surface area contributed by atoms with Crippen molar-refractivity contribution in [3.8, 4) is 17.1 Å². The molecule has 0 aliphatic rings. The Labute approximate surface area is 157 Å².